The van der Waals surface area contributed by atoms with Gasteiger partial charge in [-0.1, -0.05) is 6.07 Å². The fraction of sp³-hybridized carbons (Fsp3) is 0.0769. The van der Waals surface area contributed by atoms with Crippen LogP contribution >= 0.6 is 0 Å². The zero-order valence-corrected chi connectivity index (χ0v) is 10.9. The van der Waals surface area contributed by atoms with Gasteiger partial charge < -0.3 is 15.4 Å². The van der Waals surface area contributed by atoms with E-state index in [1.807, 2.05) is 4.98 Å². The number of benzene rings is 1. The standard InChI is InChI=1S/C13H11N3O5/c1-6-2-3-7(4-8(6)12(19)20)15-10(17)9-5-14-13(21)16-11(9)18/h2-5H,1H3,(H,15,17)(H,19,20)(H2,14,16,18,21). The van der Waals surface area contributed by atoms with Crippen LogP contribution in [0.3, 0.4) is 0 Å². The molecule has 0 aliphatic carbocycles. The van der Waals surface area contributed by atoms with Crippen LogP contribution in [0.25, 0.3) is 0 Å². The van der Waals surface area contributed by atoms with Gasteiger partial charge in [-0.2, -0.15) is 0 Å². The van der Waals surface area contributed by atoms with Crippen LogP contribution in [0.1, 0.15) is 26.3 Å². The molecule has 0 saturated carbocycles. The van der Waals surface area contributed by atoms with Crippen LogP contribution in [-0.2, 0) is 0 Å². The van der Waals surface area contributed by atoms with Gasteiger partial charge in [-0.3, -0.25) is 14.6 Å². The predicted octanol–water partition coefficient (Wildman–Crippen LogP) is 0.322. The summed E-state index contributed by atoms with van der Waals surface area (Å²) in [4.78, 5) is 49.4. The Balaban J connectivity index is 2.32. The monoisotopic (exact) mass is 289 g/mol. The number of carbonyl (C=O) groups excluding carboxylic acids is 1. The third-order valence-electron chi connectivity index (χ3n) is 2.79. The molecule has 8 nitrogen and oxygen atoms in total. The van der Waals surface area contributed by atoms with Crippen molar-refractivity contribution in [2.24, 2.45) is 0 Å². The molecule has 0 unspecified atom stereocenters. The number of carbonyl (C=O) groups is 2. The van der Waals surface area contributed by atoms with Crippen molar-refractivity contribution in [1.29, 1.82) is 0 Å². The Labute approximate surface area is 117 Å². The zero-order chi connectivity index (χ0) is 15.6. The molecule has 2 rings (SSSR count). The molecule has 0 saturated heterocycles. The number of carboxylic acid groups (broad SMARTS) is 1. The average molecular weight is 289 g/mol. The molecular weight excluding hydrogens is 278 g/mol. The van der Waals surface area contributed by atoms with Crippen molar-refractivity contribution in [3.8, 4) is 0 Å². The molecule has 1 amide bonds. The highest BCUT2D eigenvalue weighted by molar-refractivity contribution is 6.04. The van der Waals surface area contributed by atoms with Crippen LogP contribution in [0.15, 0.2) is 34.0 Å². The number of amides is 1. The summed E-state index contributed by atoms with van der Waals surface area (Å²) in [6, 6.07) is 4.34. The zero-order valence-electron chi connectivity index (χ0n) is 10.9. The van der Waals surface area contributed by atoms with E-state index in [0.717, 1.165) is 6.20 Å². The molecule has 0 aliphatic rings. The summed E-state index contributed by atoms with van der Waals surface area (Å²) < 4.78 is 0. The van der Waals surface area contributed by atoms with E-state index in [9.17, 15) is 19.2 Å². The second kappa shape index (κ2) is 5.45. The fourth-order valence-corrected chi connectivity index (χ4v) is 1.71. The van der Waals surface area contributed by atoms with Crippen molar-refractivity contribution < 1.29 is 14.7 Å². The number of rotatable bonds is 3. The fourth-order valence-electron chi connectivity index (χ4n) is 1.71. The van der Waals surface area contributed by atoms with E-state index < -0.39 is 23.1 Å². The topological polar surface area (TPSA) is 132 Å². The Hall–Kier alpha value is -3.16. The summed E-state index contributed by atoms with van der Waals surface area (Å²) in [6.07, 6.45) is 0.989. The Morgan fingerprint density at radius 1 is 1.19 bits per heavy atom. The Kier molecular flexibility index (Phi) is 3.70. The summed E-state index contributed by atoms with van der Waals surface area (Å²) in [5, 5.41) is 11.4. The van der Waals surface area contributed by atoms with Crippen LogP contribution < -0.4 is 16.6 Å². The van der Waals surface area contributed by atoms with E-state index in [0.29, 0.717) is 5.56 Å². The lowest BCUT2D eigenvalue weighted by molar-refractivity contribution is 0.0695. The van der Waals surface area contributed by atoms with Crippen molar-refractivity contribution in [2.45, 2.75) is 6.92 Å². The van der Waals surface area contributed by atoms with E-state index in [2.05, 4.69) is 10.3 Å². The number of H-pyrrole nitrogens is 2. The number of nitrogens with one attached hydrogen (secondary N) is 3. The lowest BCUT2D eigenvalue weighted by atomic mass is 10.1. The number of aryl methyl sites for hydroxylation is 1. The first-order chi connectivity index (χ1) is 9.88. The lowest BCUT2D eigenvalue weighted by Crippen LogP contribution is -2.29. The Bertz CT molecular complexity index is 834. The number of hydrogen-bond acceptors (Lipinski definition) is 4. The molecule has 0 aliphatic heterocycles. The second-order valence-corrected chi connectivity index (χ2v) is 4.27. The molecule has 0 radical (unpaired) electrons. The molecule has 2 aromatic rings. The molecule has 0 bridgehead atoms. The van der Waals surface area contributed by atoms with E-state index in [1.165, 1.54) is 18.2 Å². The van der Waals surface area contributed by atoms with Gasteiger partial charge >= 0.3 is 11.7 Å². The molecular formula is C13H11N3O5. The van der Waals surface area contributed by atoms with Crippen molar-refractivity contribution in [3.05, 3.63) is 61.9 Å². The number of anilines is 1. The normalized spacial score (nSPS) is 10.1. The highest BCUT2D eigenvalue weighted by Crippen LogP contribution is 2.15. The van der Waals surface area contributed by atoms with E-state index >= 15 is 0 Å². The smallest absolute Gasteiger partial charge is 0.336 e. The Morgan fingerprint density at radius 3 is 2.52 bits per heavy atom. The van der Waals surface area contributed by atoms with Gasteiger partial charge in [-0.25, -0.2) is 9.59 Å². The SMILES string of the molecule is Cc1ccc(NC(=O)c2c[nH]c(=O)[nH]c2=O)cc1C(=O)O. The van der Waals surface area contributed by atoms with E-state index in [4.69, 9.17) is 5.11 Å². The lowest BCUT2D eigenvalue weighted by Gasteiger charge is -2.07. The second-order valence-electron chi connectivity index (χ2n) is 4.27. The van der Waals surface area contributed by atoms with Crippen LogP contribution in [-0.4, -0.2) is 27.0 Å². The summed E-state index contributed by atoms with van der Waals surface area (Å²) in [6.45, 7) is 1.63. The maximum absolute atomic E-state index is 11.9. The minimum Gasteiger partial charge on any atom is -0.478 e. The molecule has 4 N–H and O–H groups in total. The maximum Gasteiger partial charge on any atom is 0.336 e. The van der Waals surface area contributed by atoms with Gasteiger partial charge in [0, 0.05) is 11.9 Å². The number of hydrogen-bond donors (Lipinski definition) is 4. The molecule has 8 heteroatoms. The third kappa shape index (κ3) is 3.06. The van der Waals surface area contributed by atoms with Gasteiger partial charge in [-0.05, 0) is 24.6 Å². The van der Waals surface area contributed by atoms with Gasteiger partial charge in [0.1, 0.15) is 5.56 Å². The first-order valence-electron chi connectivity index (χ1n) is 5.86. The third-order valence-corrected chi connectivity index (χ3v) is 2.79. The van der Waals surface area contributed by atoms with Crippen LogP contribution in [0.4, 0.5) is 5.69 Å². The van der Waals surface area contributed by atoms with Crippen molar-refractivity contribution >= 4 is 17.6 Å². The minimum absolute atomic E-state index is 0.0446. The van der Waals surface area contributed by atoms with Crippen molar-refractivity contribution in [2.75, 3.05) is 5.32 Å². The molecule has 1 heterocycles. The van der Waals surface area contributed by atoms with Crippen molar-refractivity contribution in [1.82, 2.24) is 9.97 Å². The highest BCUT2D eigenvalue weighted by atomic mass is 16.4. The maximum atomic E-state index is 11.9. The minimum atomic E-state index is -1.12. The number of carboxylic acids is 1. The van der Waals surface area contributed by atoms with Crippen LogP contribution in [0, 0.1) is 6.92 Å². The summed E-state index contributed by atoms with van der Waals surface area (Å²) >= 11 is 0. The first-order valence-corrected chi connectivity index (χ1v) is 5.86. The van der Waals surface area contributed by atoms with E-state index in [1.54, 1.807) is 6.92 Å². The molecule has 21 heavy (non-hydrogen) atoms. The molecule has 1 aromatic heterocycles. The predicted molar refractivity (Wildman–Crippen MR) is 73.8 cm³/mol. The van der Waals surface area contributed by atoms with Crippen LogP contribution in [0.2, 0.25) is 0 Å². The van der Waals surface area contributed by atoms with Gasteiger partial charge in [0.2, 0.25) is 0 Å². The molecule has 108 valence electrons. The summed E-state index contributed by atoms with van der Waals surface area (Å²) in [7, 11) is 0. The quantitative estimate of drug-likeness (QED) is 0.646. The molecule has 1 aromatic carbocycles. The number of aromatic amines is 2. The number of aromatic nitrogens is 2. The first kappa shape index (κ1) is 14.3. The largest absolute Gasteiger partial charge is 0.478 e. The number of aromatic carboxylic acids is 1. The van der Waals surface area contributed by atoms with Gasteiger partial charge in [0.15, 0.2) is 0 Å². The molecule has 0 spiro atoms. The van der Waals surface area contributed by atoms with Crippen molar-refractivity contribution in [3.63, 3.8) is 0 Å². The Morgan fingerprint density at radius 2 is 1.90 bits per heavy atom. The molecule has 0 atom stereocenters. The van der Waals surface area contributed by atoms with Crippen LogP contribution in [0.5, 0.6) is 0 Å². The molecule has 0 fully saturated rings. The summed E-state index contributed by atoms with van der Waals surface area (Å²) in [5.74, 6) is -1.88. The summed E-state index contributed by atoms with van der Waals surface area (Å²) in [5.41, 5.74) is -1.02. The van der Waals surface area contributed by atoms with Gasteiger partial charge in [0.05, 0.1) is 5.56 Å². The highest BCUT2D eigenvalue weighted by Gasteiger charge is 2.13. The van der Waals surface area contributed by atoms with Gasteiger partial charge in [0.25, 0.3) is 11.5 Å². The average Bonchev–Trinajstić information content (AvgIpc) is 2.40. The van der Waals surface area contributed by atoms with E-state index in [-0.39, 0.29) is 16.8 Å². The van der Waals surface area contributed by atoms with Gasteiger partial charge in [-0.15, -0.1) is 0 Å².